The van der Waals surface area contributed by atoms with Gasteiger partial charge < -0.3 is 16.0 Å². The highest BCUT2D eigenvalue weighted by molar-refractivity contribution is 5.42. The van der Waals surface area contributed by atoms with E-state index in [0.717, 1.165) is 79.7 Å². The second-order valence-electron chi connectivity index (χ2n) is 8.13. The predicted octanol–water partition coefficient (Wildman–Crippen LogP) is -0.363. The molecule has 3 saturated heterocycles. The van der Waals surface area contributed by atoms with Gasteiger partial charge in [0, 0.05) is 0 Å². The van der Waals surface area contributed by atoms with Crippen molar-refractivity contribution in [2.75, 3.05) is 95.6 Å². The first-order valence-corrected chi connectivity index (χ1v) is 11.0. The van der Waals surface area contributed by atoms with Crippen molar-refractivity contribution >= 4 is 17.8 Å². The second-order valence-corrected chi connectivity index (χ2v) is 8.13. The van der Waals surface area contributed by atoms with Gasteiger partial charge in [-0.1, -0.05) is 20.8 Å². The fourth-order valence-corrected chi connectivity index (χ4v) is 3.63. The third-order valence-electron chi connectivity index (χ3n) is 5.76. The Balaban J connectivity index is 1.30. The maximum Gasteiger partial charge on any atom is 0.230 e. The van der Waals surface area contributed by atoms with E-state index in [2.05, 4.69) is 81.1 Å². The summed E-state index contributed by atoms with van der Waals surface area (Å²) in [5.41, 5.74) is 0. The highest BCUT2D eigenvalue weighted by Gasteiger charge is 2.24. The lowest BCUT2D eigenvalue weighted by Gasteiger charge is -2.42. The molecule has 0 aliphatic carbocycles. The van der Waals surface area contributed by atoms with Crippen LogP contribution in [-0.4, -0.2) is 124 Å². The molecule has 1 aromatic heterocycles. The number of aromatic nitrogens is 3. The lowest BCUT2D eigenvalue weighted by molar-refractivity contribution is -0.0201. The average Bonchev–Trinajstić information content (AvgIpc) is 2.65. The van der Waals surface area contributed by atoms with Crippen LogP contribution in [0.2, 0.25) is 0 Å². The second kappa shape index (κ2) is 9.98. The van der Waals surface area contributed by atoms with E-state index in [-0.39, 0.29) is 0 Å². The molecule has 4 rings (SSSR count). The van der Waals surface area contributed by atoms with E-state index in [1.807, 2.05) is 0 Å². The van der Waals surface area contributed by atoms with Gasteiger partial charge in [0.05, 0.1) is 60.0 Å². The van der Waals surface area contributed by atoms with Crippen molar-refractivity contribution in [2.24, 2.45) is 0 Å². The Bertz CT molecular complexity index is 566. The molecule has 30 heavy (non-hydrogen) atoms. The van der Waals surface area contributed by atoms with Gasteiger partial charge in [-0.3, -0.25) is 29.4 Å². The Hall–Kier alpha value is -1.83. The molecule has 0 atom stereocenters. The molecule has 3 aliphatic heterocycles. The van der Waals surface area contributed by atoms with Gasteiger partial charge in [0.25, 0.3) is 0 Å². The van der Waals surface area contributed by atoms with Gasteiger partial charge in [-0.25, -0.2) is 0 Å². The first-order chi connectivity index (χ1) is 14.6. The molecule has 1 aromatic rings. The van der Waals surface area contributed by atoms with Crippen molar-refractivity contribution in [1.29, 1.82) is 0 Å². The van der Waals surface area contributed by atoms with Crippen molar-refractivity contribution in [1.82, 2.24) is 44.4 Å². The summed E-state index contributed by atoms with van der Waals surface area (Å²) in [6, 6.07) is 0. The average molecular weight is 421 g/mol. The molecular formula is C18H36N12. The SMILES string of the molecule is CCN1CN(CNc2nc(NCN3CN(CC)C3)nc(NCN3CN(CC)C3)n2)C1. The molecule has 12 nitrogen and oxygen atoms in total. The Morgan fingerprint density at radius 3 is 1.00 bits per heavy atom. The summed E-state index contributed by atoms with van der Waals surface area (Å²) in [4.78, 5) is 27.8. The van der Waals surface area contributed by atoms with Crippen LogP contribution >= 0.6 is 0 Å². The van der Waals surface area contributed by atoms with Crippen molar-refractivity contribution in [3.05, 3.63) is 0 Å². The van der Waals surface area contributed by atoms with Crippen LogP contribution in [0, 0.1) is 0 Å². The van der Waals surface area contributed by atoms with E-state index in [9.17, 15) is 0 Å². The summed E-state index contributed by atoms with van der Waals surface area (Å²) in [6.45, 7) is 17.9. The molecule has 0 radical (unpaired) electrons. The van der Waals surface area contributed by atoms with Crippen LogP contribution in [0.15, 0.2) is 0 Å². The summed E-state index contributed by atoms with van der Waals surface area (Å²) in [7, 11) is 0. The van der Waals surface area contributed by atoms with Gasteiger partial charge in [-0.15, -0.1) is 0 Å². The maximum atomic E-state index is 4.57. The monoisotopic (exact) mass is 420 g/mol. The highest BCUT2D eigenvalue weighted by atomic mass is 15.5. The van der Waals surface area contributed by atoms with Crippen LogP contribution in [0.3, 0.4) is 0 Å². The fourth-order valence-electron chi connectivity index (χ4n) is 3.63. The van der Waals surface area contributed by atoms with Crippen LogP contribution < -0.4 is 16.0 Å². The Kier molecular flexibility index (Phi) is 7.12. The van der Waals surface area contributed by atoms with Crippen molar-refractivity contribution in [3.8, 4) is 0 Å². The van der Waals surface area contributed by atoms with Crippen LogP contribution in [0.4, 0.5) is 17.8 Å². The normalized spacial score (nSPS) is 21.7. The molecule has 0 unspecified atom stereocenters. The molecule has 0 saturated carbocycles. The molecule has 4 heterocycles. The van der Waals surface area contributed by atoms with Gasteiger partial charge >= 0.3 is 0 Å². The minimum Gasteiger partial charge on any atom is -0.341 e. The zero-order valence-electron chi connectivity index (χ0n) is 18.5. The number of nitrogens with zero attached hydrogens (tertiary/aromatic N) is 9. The first kappa shape index (κ1) is 21.4. The minimum atomic E-state index is 0.600. The van der Waals surface area contributed by atoms with Gasteiger partial charge in [-0.05, 0) is 19.6 Å². The maximum absolute atomic E-state index is 4.57. The van der Waals surface area contributed by atoms with Gasteiger partial charge in [0.2, 0.25) is 17.8 Å². The molecule has 0 amide bonds. The molecule has 3 N–H and O–H groups in total. The van der Waals surface area contributed by atoms with Crippen LogP contribution in [-0.2, 0) is 0 Å². The lowest BCUT2D eigenvalue weighted by Crippen LogP contribution is -2.56. The smallest absolute Gasteiger partial charge is 0.230 e. The molecule has 12 heteroatoms. The number of nitrogens with one attached hydrogen (secondary N) is 3. The molecule has 0 aromatic carbocycles. The molecule has 0 bridgehead atoms. The molecular weight excluding hydrogens is 384 g/mol. The van der Waals surface area contributed by atoms with Crippen LogP contribution in [0.5, 0.6) is 0 Å². The van der Waals surface area contributed by atoms with E-state index in [1.165, 1.54) is 0 Å². The van der Waals surface area contributed by atoms with E-state index < -0.39 is 0 Å². The number of rotatable bonds is 12. The summed E-state index contributed by atoms with van der Waals surface area (Å²) >= 11 is 0. The number of anilines is 3. The standard InChI is InChI=1S/C18H36N12/c1-4-25-10-28(11-25)7-19-16-22-17(20-8-29-12-26(5-2)13-29)24-18(23-16)21-9-30-14-27(6-3)15-30/h4-15H2,1-3H3,(H3,19,20,21,22,23,24). The van der Waals surface area contributed by atoms with Gasteiger partial charge in [-0.2, -0.15) is 15.0 Å². The van der Waals surface area contributed by atoms with E-state index in [4.69, 9.17) is 0 Å². The minimum absolute atomic E-state index is 0.600. The van der Waals surface area contributed by atoms with Crippen LogP contribution in [0.1, 0.15) is 20.8 Å². The predicted molar refractivity (Wildman–Crippen MR) is 117 cm³/mol. The first-order valence-electron chi connectivity index (χ1n) is 11.0. The third-order valence-corrected chi connectivity index (χ3v) is 5.76. The van der Waals surface area contributed by atoms with Crippen LogP contribution in [0.25, 0.3) is 0 Å². The summed E-state index contributed by atoms with van der Waals surface area (Å²) < 4.78 is 0. The number of hydrogen-bond donors (Lipinski definition) is 3. The van der Waals surface area contributed by atoms with E-state index in [1.54, 1.807) is 0 Å². The van der Waals surface area contributed by atoms with Crippen molar-refractivity contribution in [3.63, 3.8) is 0 Å². The molecule has 3 fully saturated rings. The quantitative estimate of drug-likeness (QED) is 0.412. The Morgan fingerprint density at radius 1 is 0.500 bits per heavy atom. The largest absolute Gasteiger partial charge is 0.341 e. The number of hydrogen-bond acceptors (Lipinski definition) is 12. The van der Waals surface area contributed by atoms with Gasteiger partial charge in [0.15, 0.2) is 0 Å². The van der Waals surface area contributed by atoms with Crippen molar-refractivity contribution < 1.29 is 0 Å². The zero-order valence-corrected chi connectivity index (χ0v) is 18.5. The van der Waals surface area contributed by atoms with Gasteiger partial charge in [0.1, 0.15) is 0 Å². The van der Waals surface area contributed by atoms with E-state index >= 15 is 0 Å². The molecule has 168 valence electrons. The topological polar surface area (TPSA) is 94.2 Å². The Morgan fingerprint density at radius 2 is 0.767 bits per heavy atom. The van der Waals surface area contributed by atoms with Crippen molar-refractivity contribution in [2.45, 2.75) is 20.8 Å². The van der Waals surface area contributed by atoms with E-state index in [0.29, 0.717) is 17.8 Å². The third kappa shape index (κ3) is 5.45. The zero-order chi connectivity index (χ0) is 20.9. The molecule has 0 spiro atoms. The Labute approximate surface area is 179 Å². The molecule has 3 aliphatic rings. The lowest BCUT2D eigenvalue weighted by atomic mass is 10.5. The fraction of sp³-hybridized carbons (Fsp3) is 0.833. The summed E-state index contributed by atoms with van der Waals surface area (Å²) in [6.07, 6.45) is 0. The highest BCUT2D eigenvalue weighted by Crippen LogP contribution is 2.14. The summed E-state index contributed by atoms with van der Waals surface area (Å²) in [5, 5.41) is 10.0. The summed E-state index contributed by atoms with van der Waals surface area (Å²) in [5.74, 6) is 1.80.